The Hall–Kier alpha value is -0.0800. The second kappa shape index (κ2) is 4.09. The summed E-state index contributed by atoms with van der Waals surface area (Å²) in [4.78, 5) is 0. The van der Waals surface area contributed by atoms with Gasteiger partial charge >= 0.3 is 0 Å². The number of aliphatic hydroxyl groups is 1. The van der Waals surface area contributed by atoms with Crippen molar-refractivity contribution in [1.29, 1.82) is 0 Å². The van der Waals surface area contributed by atoms with Crippen LogP contribution >= 0.6 is 0 Å². The van der Waals surface area contributed by atoms with Crippen molar-refractivity contribution >= 4 is 0 Å². The van der Waals surface area contributed by atoms with Crippen molar-refractivity contribution in [3.63, 3.8) is 0 Å². The Morgan fingerprint density at radius 1 is 1.86 bits per heavy atom. The minimum Gasteiger partial charge on any atom is -0.395 e. The van der Waals surface area contributed by atoms with E-state index in [1.807, 2.05) is 20.4 Å². The van der Waals surface area contributed by atoms with E-state index in [1.165, 1.54) is 0 Å². The van der Waals surface area contributed by atoms with Crippen LogP contribution in [0, 0.1) is 6.54 Å². The van der Waals surface area contributed by atoms with Gasteiger partial charge in [0.15, 0.2) is 0 Å². The fourth-order valence-corrected chi connectivity index (χ4v) is 0.337. The smallest absolute Gasteiger partial charge is 0.0582 e. The topological polar surface area (TPSA) is 32.3 Å². The van der Waals surface area contributed by atoms with Gasteiger partial charge in [-0.3, -0.25) is 0 Å². The van der Waals surface area contributed by atoms with Gasteiger partial charge in [0, 0.05) is 12.6 Å². The fourth-order valence-electron chi connectivity index (χ4n) is 0.337. The van der Waals surface area contributed by atoms with Gasteiger partial charge in [-0.2, -0.15) is 0 Å². The molecule has 0 fully saturated rings. The molecule has 0 aliphatic rings. The van der Waals surface area contributed by atoms with Crippen LogP contribution in [0.3, 0.4) is 0 Å². The molecule has 2 heteroatoms. The van der Waals surface area contributed by atoms with Crippen LogP contribution in [0.25, 0.3) is 0 Å². The molecule has 0 aromatic rings. The molecule has 2 N–H and O–H groups in total. The molecule has 1 unspecified atom stereocenters. The Labute approximate surface area is 44.5 Å². The molecule has 43 valence electrons. The van der Waals surface area contributed by atoms with Crippen LogP contribution in [0.4, 0.5) is 0 Å². The molecule has 0 saturated heterocycles. The van der Waals surface area contributed by atoms with E-state index in [1.54, 1.807) is 0 Å². The third-order valence-electron chi connectivity index (χ3n) is 0.725. The Balaban J connectivity index is 2.83. The van der Waals surface area contributed by atoms with Crippen molar-refractivity contribution in [1.82, 2.24) is 5.32 Å². The van der Waals surface area contributed by atoms with E-state index in [-0.39, 0.29) is 12.6 Å². The predicted octanol–water partition coefficient (Wildman–Crippen LogP) is 0.138. The van der Waals surface area contributed by atoms with Gasteiger partial charge in [0.05, 0.1) is 6.61 Å². The lowest BCUT2D eigenvalue weighted by molar-refractivity contribution is 0.258. The van der Waals surface area contributed by atoms with Crippen LogP contribution in [0.5, 0.6) is 0 Å². The first-order valence-electron chi connectivity index (χ1n) is 2.46. The predicted molar refractivity (Wildman–Crippen MR) is 29.7 cm³/mol. The Bertz CT molecular complexity index is 39.1. The number of hydrogen-bond acceptors (Lipinski definition) is 2. The molecule has 0 saturated carbocycles. The van der Waals surface area contributed by atoms with Crippen molar-refractivity contribution in [3.05, 3.63) is 6.54 Å². The molecular weight excluding hydrogens is 90.1 g/mol. The lowest BCUT2D eigenvalue weighted by Crippen LogP contribution is -2.25. The Kier molecular flexibility index (Phi) is 4.04. The van der Waals surface area contributed by atoms with E-state index in [0.29, 0.717) is 0 Å². The molecule has 2 nitrogen and oxygen atoms in total. The molecule has 0 aliphatic carbocycles. The van der Waals surface area contributed by atoms with Crippen molar-refractivity contribution < 1.29 is 5.11 Å². The van der Waals surface area contributed by atoms with Crippen LogP contribution in [0.2, 0.25) is 0 Å². The molecule has 0 aromatic heterocycles. The van der Waals surface area contributed by atoms with Crippen LogP contribution in [0.15, 0.2) is 0 Å². The number of rotatable bonds is 3. The maximum Gasteiger partial charge on any atom is 0.0582 e. The van der Waals surface area contributed by atoms with E-state index < -0.39 is 0 Å². The summed E-state index contributed by atoms with van der Waals surface area (Å²) in [6.07, 6.45) is 0. The minimum atomic E-state index is 0.199. The van der Waals surface area contributed by atoms with Gasteiger partial charge in [0.25, 0.3) is 0 Å². The average molecular weight is 102 g/mol. The summed E-state index contributed by atoms with van der Waals surface area (Å²) in [5.41, 5.74) is 0. The average Bonchev–Trinajstić information content (AvgIpc) is 1.68. The summed E-state index contributed by atoms with van der Waals surface area (Å²) in [6.45, 7) is 5.83. The van der Waals surface area contributed by atoms with Gasteiger partial charge in [0.2, 0.25) is 0 Å². The summed E-state index contributed by atoms with van der Waals surface area (Å²) >= 11 is 0. The lowest BCUT2D eigenvalue weighted by Gasteiger charge is -2.05. The SMILES string of the molecule is C[CH]NC(C)CO. The quantitative estimate of drug-likeness (QED) is 0.531. The molecule has 1 radical (unpaired) electrons. The van der Waals surface area contributed by atoms with Crippen LogP contribution < -0.4 is 5.32 Å². The number of nitrogens with one attached hydrogen (secondary N) is 1. The highest BCUT2D eigenvalue weighted by molar-refractivity contribution is 4.61. The van der Waals surface area contributed by atoms with Gasteiger partial charge in [-0.25, -0.2) is 0 Å². The third kappa shape index (κ3) is 3.76. The minimum absolute atomic E-state index is 0.199. The van der Waals surface area contributed by atoms with Crippen LogP contribution in [0.1, 0.15) is 13.8 Å². The number of aliphatic hydroxyl groups excluding tert-OH is 1. The first-order chi connectivity index (χ1) is 3.31. The van der Waals surface area contributed by atoms with Gasteiger partial charge < -0.3 is 10.4 Å². The molecule has 0 spiro atoms. The largest absolute Gasteiger partial charge is 0.395 e. The first-order valence-corrected chi connectivity index (χ1v) is 2.46. The van der Waals surface area contributed by atoms with E-state index in [4.69, 9.17) is 5.11 Å². The van der Waals surface area contributed by atoms with Crippen LogP contribution in [-0.2, 0) is 0 Å². The molecular formula is C5H12NO. The molecule has 0 aromatic carbocycles. The summed E-state index contributed by atoms with van der Waals surface area (Å²) in [7, 11) is 0. The second-order valence-electron chi connectivity index (χ2n) is 1.54. The van der Waals surface area contributed by atoms with Crippen molar-refractivity contribution in [3.8, 4) is 0 Å². The zero-order chi connectivity index (χ0) is 5.70. The highest BCUT2D eigenvalue weighted by Crippen LogP contribution is 1.76. The molecule has 0 rings (SSSR count). The summed E-state index contributed by atoms with van der Waals surface area (Å²) in [5.74, 6) is 0. The third-order valence-corrected chi connectivity index (χ3v) is 0.725. The zero-order valence-electron chi connectivity index (χ0n) is 4.81. The summed E-state index contributed by atoms with van der Waals surface area (Å²) in [5, 5.41) is 11.3. The summed E-state index contributed by atoms with van der Waals surface area (Å²) in [6, 6.07) is 0.199. The molecule has 0 amide bonds. The monoisotopic (exact) mass is 102 g/mol. The van der Waals surface area contributed by atoms with Crippen molar-refractivity contribution in [2.45, 2.75) is 19.9 Å². The van der Waals surface area contributed by atoms with Gasteiger partial charge in [-0.1, -0.05) is 0 Å². The number of hydrogen-bond donors (Lipinski definition) is 2. The van der Waals surface area contributed by atoms with Crippen molar-refractivity contribution in [2.24, 2.45) is 0 Å². The fraction of sp³-hybridized carbons (Fsp3) is 0.800. The van der Waals surface area contributed by atoms with E-state index in [0.717, 1.165) is 0 Å². The maximum absolute atomic E-state index is 8.38. The van der Waals surface area contributed by atoms with Crippen molar-refractivity contribution in [2.75, 3.05) is 6.61 Å². The Morgan fingerprint density at radius 2 is 2.43 bits per heavy atom. The van der Waals surface area contributed by atoms with E-state index >= 15 is 0 Å². The molecule has 1 atom stereocenters. The highest BCUT2D eigenvalue weighted by atomic mass is 16.3. The van der Waals surface area contributed by atoms with Gasteiger partial charge in [0.1, 0.15) is 0 Å². The lowest BCUT2D eigenvalue weighted by atomic mass is 10.4. The maximum atomic E-state index is 8.38. The standard InChI is InChI=1S/C5H12NO/c1-3-6-5(2)4-7/h3,5-7H,4H2,1-2H3. The molecule has 0 aliphatic heterocycles. The van der Waals surface area contributed by atoms with Gasteiger partial charge in [-0.05, 0) is 13.8 Å². The Morgan fingerprint density at radius 3 is 2.57 bits per heavy atom. The zero-order valence-corrected chi connectivity index (χ0v) is 4.81. The first kappa shape index (κ1) is 6.92. The van der Waals surface area contributed by atoms with E-state index in [9.17, 15) is 0 Å². The highest BCUT2D eigenvalue weighted by Gasteiger charge is 1.91. The second-order valence-corrected chi connectivity index (χ2v) is 1.54. The van der Waals surface area contributed by atoms with Crippen LogP contribution in [-0.4, -0.2) is 17.8 Å². The van der Waals surface area contributed by atoms with Gasteiger partial charge in [-0.15, -0.1) is 0 Å². The summed E-state index contributed by atoms with van der Waals surface area (Å²) < 4.78 is 0. The molecule has 0 heterocycles. The molecule has 0 bridgehead atoms. The molecule has 7 heavy (non-hydrogen) atoms. The normalized spacial score (nSPS) is 14.1. The van der Waals surface area contributed by atoms with E-state index in [2.05, 4.69) is 5.32 Å².